The van der Waals surface area contributed by atoms with Gasteiger partial charge in [-0.15, -0.1) is 0 Å². The molecule has 1 heterocycles. The maximum atomic E-state index is 13.7. The lowest BCUT2D eigenvalue weighted by Crippen LogP contribution is -2.31. The number of ether oxygens (including phenoxy) is 1. The van der Waals surface area contributed by atoms with Gasteiger partial charge in [0.25, 0.3) is 5.91 Å². The summed E-state index contributed by atoms with van der Waals surface area (Å²) in [6, 6.07) is 19.3. The van der Waals surface area contributed by atoms with Gasteiger partial charge in [-0.1, -0.05) is 47.5 Å². The molecule has 0 bridgehead atoms. The van der Waals surface area contributed by atoms with Crippen molar-refractivity contribution in [2.24, 2.45) is 0 Å². The SMILES string of the molecule is CCOc1ccc(C2C(S(=O)(=O)c3ccc(C)cc3)=C(O)C(=O)N2c2ccc(C)cc2)cc1. The first-order valence-electron chi connectivity index (χ1n) is 10.6. The lowest BCUT2D eigenvalue weighted by molar-refractivity contribution is -0.117. The van der Waals surface area contributed by atoms with E-state index >= 15 is 0 Å². The Balaban J connectivity index is 1.90. The number of aryl methyl sites for hydroxylation is 2. The fourth-order valence-corrected chi connectivity index (χ4v) is 5.51. The first-order chi connectivity index (χ1) is 15.7. The lowest BCUT2D eigenvalue weighted by atomic mass is 10.1. The van der Waals surface area contributed by atoms with Crippen molar-refractivity contribution in [1.82, 2.24) is 0 Å². The van der Waals surface area contributed by atoms with Crippen molar-refractivity contribution in [3.8, 4) is 5.75 Å². The Labute approximate surface area is 193 Å². The highest BCUT2D eigenvalue weighted by Crippen LogP contribution is 2.45. The molecule has 4 rings (SSSR count). The van der Waals surface area contributed by atoms with Crippen LogP contribution in [0.4, 0.5) is 5.69 Å². The molecular weight excluding hydrogens is 438 g/mol. The van der Waals surface area contributed by atoms with E-state index in [0.29, 0.717) is 23.6 Å². The molecule has 0 spiro atoms. The first-order valence-corrected chi connectivity index (χ1v) is 12.1. The molecule has 0 aliphatic carbocycles. The zero-order valence-electron chi connectivity index (χ0n) is 18.6. The number of hydrogen-bond acceptors (Lipinski definition) is 5. The Morgan fingerprint density at radius 2 is 1.42 bits per heavy atom. The van der Waals surface area contributed by atoms with Gasteiger partial charge in [-0.2, -0.15) is 0 Å². The fraction of sp³-hybridized carbons (Fsp3) is 0.192. The maximum Gasteiger partial charge on any atom is 0.295 e. The lowest BCUT2D eigenvalue weighted by Gasteiger charge is -2.27. The summed E-state index contributed by atoms with van der Waals surface area (Å²) in [7, 11) is -4.17. The van der Waals surface area contributed by atoms with Gasteiger partial charge >= 0.3 is 0 Å². The van der Waals surface area contributed by atoms with Crippen LogP contribution in [0.2, 0.25) is 0 Å². The van der Waals surface area contributed by atoms with Gasteiger partial charge in [0.05, 0.1) is 11.5 Å². The molecule has 1 atom stereocenters. The van der Waals surface area contributed by atoms with E-state index < -0.39 is 27.5 Å². The van der Waals surface area contributed by atoms with Gasteiger partial charge in [0.2, 0.25) is 9.84 Å². The molecule has 7 heteroatoms. The van der Waals surface area contributed by atoms with Gasteiger partial charge in [-0.25, -0.2) is 8.42 Å². The Hall–Kier alpha value is -3.58. The average Bonchev–Trinajstić information content (AvgIpc) is 3.07. The molecule has 1 aliphatic heterocycles. The molecule has 0 aromatic heterocycles. The third-order valence-electron chi connectivity index (χ3n) is 5.60. The largest absolute Gasteiger partial charge is 0.502 e. The van der Waals surface area contributed by atoms with Crippen LogP contribution in [-0.2, 0) is 14.6 Å². The van der Waals surface area contributed by atoms with Crippen LogP contribution < -0.4 is 9.64 Å². The number of amides is 1. The predicted molar refractivity (Wildman–Crippen MR) is 127 cm³/mol. The quantitative estimate of drug-likeness (QED) is 0.554. The first kappa shape index (κ1) is 22.6. The molecular formula is C26H25NO5S. The van der Waals surface area contributed by atoms with Crippen molar-refractivity contribution >= 4 is 21.4 Å². The third-order valence-corrected chi connectivity index (χ3v) is 7.49. The second-order valence-corrected chi connectivity index (χ2v) is 9.86. The Bertz CT molecular complexity index is 1310. The number of carbonyl (C=O) groups is 1. The summed E-state index contributed by atoms with van der Waals surface area (Å²) < 4.78 is 32.8. The highest BCUT2D eigenvalue weighted by molar-refractivity contribution is 7.95. The number of aliphatic hydroxyl groups excluding tert-OH is 1. The normalized spacial score (nSPS) is 16.4. The van der Waals surface area contributed by atoms with Gasteiger partial charge in [-0.05, 0) is 62.7 Å². The number of sulfone groups is 1. The summed E-state index contributed by atoms with van der Waals surface area (Å²) in [6.07, 6.45) is 0. The van der Waals surface area contributed by atoms with Crippen LogP contribution in [0.3, 0.4) is 0 Å². The van der Waals surface area contributed by atoms with Crippen molar-refractivity contribution in [2.45, 2.75) is 31.7 Å². The number of carbonyl (C=O) groups excluding carboxylic acids is 1. The predicted octanol–water partition coefficient (Wildman–Crippen LogP) is 5.03. The fourth-order valence-electron chi connectivity index (χ4n) is 3.89. The molecule has 6 nitrogen and oxygen atoms in total. The second kappa shape index (κ2) is 8.75. The third kappa shape index (κ3) is 4.12. The van der Waals surface area contributed by atoms with E-state index in [1.54, 1.807) is 48.5 Å². The summed E-state index contributed by atoms with van der Waals surface area (Å²) >= 11 is 0. The zero-order chi connectivity index (χ0) is 23.8. The summed E-state index contributed by atoms with van der Waals surface area (Å²) in [6.45, 7) is 6.14. The van der Waals surface area contributed by atoms with Crippen LogP contribution in [0.5, 0.6) is 5.75 Å². The van der Waals surface area contributed by atoms with Crippen LogP contribution in [0.15, 0.2) is 88.4 Å². The van der Waals surface area contributed by atoms with Crippen LogP contribution in [0.25, 0.3) is 0 Å². The number of aliphatic hydroxyl groups is 1. The van der Waals surface area contributed by atoms with E-state index in [0.717, 1.165) is 11.1 Å². The minimum atomic E-state index is -4.17. The standard InChI is InChI=1S/C26H25NO5S/c1-4-32-21-13-9-19(10-14-21)23-25(33(30,31)22-15-7-18(3)8-16-22)24(28)26(29)27(23)20-11-5-17(2)6-12-20/h5-16,23,28H,4H2,1-3H3. The number of benzene rings is 3. The molecule has 3 aromatic rings. The minimum absolute atomic E-state index is 0.0177. The Morgan fingerprint density at radius 3 is 1.97 bits per heavy atom. The summed E-state index contributed by atoms with van der Waals surface area (Å²) in [5, 5.41) is 10.9. The molecule has 1 amide bonds. The van der Waals surface area contributed by atoms with E-state index in [2.05, 4.69) is 0 Å². The monoisotopic (exact) mass is 463 g/mol. The zero-order valence-corrected chi connectivity index (χ0v) is 19.5. The molecule has 170 valence electrons. The average molecular weight is 464 g/mol. The molecule has 0 saturated carbocycles. The van der Waals surface area contributed by atoms with Gasteiger partial charge in [-0.3, -0.25) is 9.69 Å². The van der Waals surface area contributed by atoms with Gasteiger partial charge in [0.15, 0.2) is 5.76 Å². The topological polar surface area (TPSA) is 83.9 Å². The highest BCUT2D eigenvalue weighted by Gasteiger charge is 2.47. The Morgan fingerprint density at radius 1 is 0.879 bits per heavy atom. The number of rotatable bonds is 6. The van der Waals surface area contributed by atoms with E-state index in [9.17, 15) is 18.3 Å². The number of anilines is 1. The van der Waals surface area contributed by atoms with Crippen LogP contribution in [0, 0.1) is 13.8 Å². The van der Waals surface area contributed by atoms with Crippen molar-refractivity contribution in [3.05, 3.63) is 100 Å². The molecule has 0 fully saturated rings. The summed E-state index contributed by atoms with van der Waals surface area (Å²) in [4.78, 5) is 14.2. The molecule has 0 radical (unpaired) electrons. The molecule has 1 aliphatic rings. The van der Waals surface area contributed by atoms with E-state index in [4.69, 9.17) is 4.74 Å². The molecule has 0 saturated heterocycles. The highest BCUT2D eigenvalue weighted by atomic mass is 32.2. The summed E-state index contributed by atoms with van der Waals surface area (Å²) in [5.41, 5.74) is 2.93. The van der Waals surface area contributed by atoms with E-state index in [1.165, 1.54) is 17.0 Å². The molecule has 1 unspecified atom stereocenters. The van der Waals surface area contributed by atoms with Crippen LogP contribution in [-0.4, -0.2) is 26.0 Å². The van der Waals surface area contributed by atoms with Crippen molar-refractivity contribution in [1.29, 1.82) is 0 Å². The molecule has 3 aromatic carbocycles. The molecule has 1 N–H and O–H groups in total. The van der Waals surface area contributed by atoms with Crippen molar-refractivity contribution < 1.29 is 23.1 Å². The summed E-state index contributed by atoms with van der Waals surface area (Å²) in [5.74, 6) is -0.901. The van der Waals surface area contributed by atoms with Gasteiger partial charge in [0, 0.05) is 5.69 Å². The van der Waals surface area contributed by atoms with Crippen molar-refractivity contribution in [2.75, 3.05) is 11.5 Å². The van der Waals surface area contributed by atoms with Gasteiger partial charge < -0.3 is 9.84 Å². The Kier molecular flexibility index (Phi) is 5.99. The van der Waals surface area contributed by atoms with E-state index in [-0.39, 0.29) is 9.80 Å². The van der Waals surface area contributed by atoms with E-state index in [1.807, 2.05) is 32.9 Å². The van der Waals surface area contributed by atoms with Crippen LogP contribution in [0.1, 0.15) is 29.7 Å². The van der Waals surface area contributed by atoms with Gasteiger partial charge in [0.1, 0.15) is 16.7 Å². The maximum absolute atomic E-state index is 13.7. The smallest absolute Gasteiger partial charge is 0.295 e. The molecule has 33 heavy (non-hydrogen) atoms. The van der Waals surface area contributed by atoms with Crippen LogP contribution >= 0.6 is 0 Å². The van der Waals surface area contributed by atoms with Crippen molar-refractivity contribution in [3.63, 3.8) is 0 Å². The second-order valence-electron chi connectivity index (χ2n) is 7.94. The number of hydrogen-bond donors (Lipinski definition) is 1. The number of nitrogens with zero attached hydrogens (tertiary/aromatic N) is 1. The minimum Gasteiger partial charge on any atom is -0.502 e.